The summed E-state index contributed by atoms with van der Waals surface area (Å²) in [4.78, 5) is 12.6. The zero-order valence-electron chi connectivity index (χ0n) is 20.1. The average Bonchev–Trinajstić information content (AvgIpc) is 3.28. The molecular weight excluding hydrogens is 485 g/mol. The Hall–Kier alpha value is -3.50. The Morgan fingerprint density at radius 3 is 2.67 bits per heavy atom. The summed E-state index contributed by atoms with van der Waals surface area (Å²) >= 11 is 0. The van der Waals surface area contributed by atoms with Crippen molar-refractivity contribution in [1.82, 2.24) is 14.8 Å². The number of rotatable bonds is 8. The highest BCUT2D eigenvalue weighted by atomic mass is 32.2. The molecule has 1 aliphatic rings. The third kappa shape index (κ3) is 5.66. The van der Waals surface area contributed by atoms with E-state index in [4.69, 9.17) is 9.26 Å². The number of sulfonamides is 1. The van der Waals surface area contributed by atoms with E-state index in [-0.39, 0.29) is 41.3 Å². The molecule has 1 aromatic heterocycles. The van der Waals surface area contributed by atoms with Crippen LogP contribution in [-0.2, 0) is 21.4 Å². The lowest BCUT2D eigenvalue weighted by molar-refractivity contribution is -0.126. The first-order chi connectivity index (χ1) is 17.3. The molecule has 0 aliphatic carbocycles. The zero-order valence-corrected chi connectivity index (χ0v) is 20.9. The largest absolute Gasteiger partial charge is 0.497 e. The molecule has 2 aromatic carbocycles. The molecule has 3 aromatic rings. The number of ether oxygens (including phenoxy) is 1. The monoisotopic (exact) mass is 513 g/mol. The van der Waals surface area contributed by atoms with Crippen LogP contribution in [0.4, 0.5) is 4.39 Å². The van der Waals surface area contributed by atoms with Crippen LogP contribution in [0.15, 0.2) is 57.9 Å². The van der Waals surface area contributed by atoms with E-state index in [1.54, 1.807) is 32.2 Å². The summed E-state index contributed by atoms with van der Waals surface area (Å²) in [6, 6.07) is 13.6. The fourth-order valence-corrected chi connectivity index (χ4v) is 5.90. The topological polar surface area (TPSA) is 102 Å². The first-order valence-corrected chi connectivity index (χ1v) is 13.0. The van der Waals surface area contributed by atoms with Gasteiger partial charge in [-0.05, 0) is 55.7 Å². The number of aryl methyl sites for hydroxylation is 1. The van der Waals surface area contributed by atoms with Gasteiger partial charge in [-0.1, -0.05) is 35.5 Å². The van der Waals surface area contributed by atoms with Gasteiger partial charge < -0.3 is 14.6 Å². The van der Waals surface area contributed by atoms with Crippen LogP contribution in [0, 0.1) is 18.7 Å². The number of piperidine rings is 1. The van der Waals surface area contributed by atoms with Crippen LogP contribution >= 0.6 is 0 Å². The number of carbonyl (C=O) groups excluding carboxylic acids is 1. The van der Waals surface area contributed by atoms with Gasteiger partial charge in [0.1, 0.15) is 17.3 Å². The number of amides is 1. The maximum absolute atomic E-state index is 13.9. The minimum Gasteiger partial charge on any atom is -0.497 e. The molecule has 4 rings (SSSR count). The van der Waals surface area contributed by atoms with Crippen molar-refractivity contribution in [1.29, 1.82) is 0 Å². The maximum Gasteiger partial charge on any atom is 0.248 e. The van der Waals surface area contributed by atoms with Crippen LogP contribution in [0.3, 0.4) is 0 Å². The van der Waals surface area contributed by atoms with E-state index >= 15 is 0 Å². The third-order valence-electron chi connectivity index (χ3n) is 6.18. The second kappa shape index (κ2) is 11.0. The van der Waals surface area contributed by atoms with Crippen LogP contribution in [0.1, 0.15) is 35.4 Å². The lowest BCUT2D eigenvalue weighted by Gasteiger charge is -2.30. The first-order valence-electron chi connectivity index (χ1n) is 11.6. The molecule has 1 N–H and O–H groups in total. The summed E-state index contributed by atoms with van der Waals surface area (Å²) in [5, 5.41) is 6.75. The zero-order chi connectivity index (χ0) is 25.7. The molecule has 8 nitrogen and oxygen atoms in total. The summed E-state index contributed by atoms with van der Waals surface area (Å²) in [6.07, 6.45) is 3.65. The molecule has 2 heterocycles. The van der Waals surface area contributed by atoms with Crippen molar-refractivity contribution in [3.8, 4) is 5.75 Å². The van der Waals surface area contributed by atoms with E-state index in [2.05, 4.69) is 10.5 Å². The Morgan fingerprint density at radius 1 is 1.19 bits per heavy atom. The van der Waals surface area contributed by atoms with Gasteiger partial charge >= 0.3 is 0 Å². The van der Waals surface area contributed by atoms with Gasteiger partial charge in [0.15, 0.2) is 10.7 Å². The molecule has 1 aliphatic heterocycles. The fourth-order valence-electron chi connectivity index (χ4n) is 4.18. The minimum absolute atomic E-state index is 0.0360. The lowest BCUT2D eigenvalue weighted by Crippen LogP contribution is -2.43. The molecule has 10 heteroatoms. The van der Waals surface area contributed by atoms with Gasteiger partial charge in [-0.25, -0.2) is 12.8 Å². The summed E-state index contributed by atoms with van der Waals surface area (Å²) in [5.41, 5.74) is 1.44. The SMILES string of the molecule is COc1cccc(CNC(=O)C2CCN(S(=O)(=O)c3c(C)noc3/C=C/c3ccccc3F)CC2)c1. The standard InChI is InChI=1S/C26H28FN3O5S/c1-18-25(24(35-29-18)11-10-20-7-3-4-9-23(20)27)36(32,33)30-14-12-21(13-15-30)26(31)28-17-19-6-5-8-22(16-19)34-2/h3-11,16,21H,12-15,17H2,1-2H3,(H,28,31)/b11-10+. The highest BCUT2D eigenvalue weighted by Crippen LogP contribution is 2.29. The van der Waals surface area contributed by atoms with Crippen molar-refractivity contribution in [2.45, 2.75) is 31.2 Å². The van der Waals surface area contributed by atoms with E-state index in [1.807, 2.05) is 24.3 Å². The summed E-state index contributed by atoms with van der Waals surface area (Å²) in [5.74, 6) is -0.0712. The quantitative estimate of drug-likeness (QED) is 0.488. The van der Waals surface area contributed by atoms with Gasteiger partial charge in [0.05, 0.1) is 7.11 Å². The number of hydrogen-bond donors (Lipinski definition) is 1. The minimum atomic E-state index is -3.92. The predicted molar refractivity (Wildman–Crippen MR) is 133 cm³/mol. The Bertz CT molecular complexity index is 1360. The number of hydrogen-bond acceptors (Lipinski definition) is 6. The summed E-state index contributed by atoms with van der Waals surface area (Å²) < 4.78 is 52.6. The van der Waals surface area contributed by atoms with Crippen molar-refractivity contribution in [3.63, 3.8) is 0 Å². The predicted octanol–water partition coefficient (Wildman–Crippen LogP) is 4.02. The Morgan fingerprint density at radius 2 is 1.94 bits per heavy atom. The van der Waals surface area contributed by atoms with Gasteiger partial charge in [-0.3, -0.25) is 4.79 Å². The second-order valence-electron chi connectivity index (χ2n) is 8.56. The molecule has 0 radical (unpaired) electrons. The molecule has 0 atom stereocenters. The highest BCUT2D eigenvalue weighted by molar-refractivity contribution is 7.89. The number of methoxy groups -OCH3 is 1. The van der Waals surface area contributed by atoms with E-state index in [1.165, 1.54) is 22.5 Å². The number of halogens is 1. The van der Waals surface area contributed by atoms with E-state index in [0.29, 0.717) is 30.7 Å². The molecule has 36 heavy (non-hydrogen) atoms. The van der Waals surface area contributed by atoms with Crippen LogP contribution < -0.4 is 10.1 Å². The van der Waals surface area contributed by atoms with Crippen molar-refractivity contribution < 1.29 is 26.9 Å². The summed E-state index contributed by atoms with van der Waals surface area (Å²) in [6.45, 7) is 2.31. The van der Waals surface area contributed by atoms with Gasteiger partial charge in [0, 0.05) is 31.1 Å². The van der Waals surface area contributed by atoms with Gasteiger partial charge in [0.2, 0.25) is 15.9 Å². The van der Waals surface area contributed by atoms with Gasteiger partial charge in [0.25, 0.3) is 0 Å². The molecule has 1 fully saturated rings. The van der Waals surface area contributed by atoms with Crippen molar-refractivity contribution in [3.05, 3.63) is 76.9 Å². The van der Waals surface area contributed by atoms with Gasteiger partial charge in [-0.2, -0.15) is 4.31 Å². The number of carbonyl (C=O) groups is 1. The van der Waals surface area contributed by atoms with E-state index < -0.39 is 15.8 Å². The molecule has 190 valence electrons. The van der Waals surface area contributed by atoms with Crippen LogP contribution in [-0.4, -0.2) is 44.0 Å². The van der Waals surface area contributed by atoms with Gasteiger partial charge in [-0.15, -0.1) is 0 Å². The van der Waals surface area contributed by atoms with Crippen LogP contribution in [0.2, 0.25) is 0 Å². The summed E-state index contributed by atoms with van der Waals surface area (Å²) in [7, 11) is -2.33. The molecule has 0 saturated carbocycles. The molecule has 1 saturated heterocycles. The second-order valence-corrected chi connectivity index (χ2v) is 10.4. The third-order valence-corrected chi connectivity index (χ3v) is 8.23. The normalized spacial score (nSPS) is 15.3. The smallest absolute Gasteiger partial charge is 0.248 e. The number of benzene rings is 2. The average molecular weight is 514 g/mol. The number of nitrogens with one attached hydrogen (secondary N) is 1. The molecule has 1 amide bonds. The Labute approximate surface area is 209 Å². The highest BCUT2D eigenvalue weighted by Gasteiger charge is 2.35. The lowest BCUT2D eigenvalue weighted by atomic mass is 9.97. The number of aromatic nitrogens is 1. The first kappa shape index (κ1) is 25.6. The molecular formula is C26H28FN3O5S. The maximum atomic E-state index is 13.9. The van der Waals surface area contributed by atoms with Crippen molar-refractivity contribution in [2.75, 3.05) is 20.2 Å². The molecule has 0 spiro atoms. The van der Waals surface area contributed by atoms with Crippen molar-refractivity contribution in [2.24, 2.45) is 5.92 Å². The van der Waals surface area contributed by atoms with E-state index in [9.17, 15) is 17.6 Å². The Kier molecular flexibility index (Phi) is 7.85. The number of nitrogens with zero attached hydrogens (tertiary/aromatic N) is 2. The Balaban J connectivity index is 1.40. The molecule has 0 unspecified atom stereocenters. The van der Waals surface area contributed by atoms with Crippen LogP contribution in [0.5, 0.6) is 5.75 Å². The van der Waals surface area contributed by atoms with Crippen molar-refractivity contribution >= 4 is 28.1 Å². The molecule has 0 bridgehead atoms. The van der Waals surface area contributed by atoms with E-state index in [0.717, 1.165) is 5.56 Å². The fraction of sp³-hybridized carbons (Fsp3) is 0.308. The van der Waals surface area contributed by atoms with Crippen LogP contribution in [0.25, 0.3) is 12.2 Å².